The molecule has 0 radical (unpaired) electrons. The number of nitrogens with zero attached hydrogens (tertiary/aromatic N) is 3. The second-order valence-corrected chi connectivity index (χ2v) is 16.1. The number of carbonyl (C=O) groups is 1. The van der Waals surface area contributed by atoms with Crippen LogP contribution >= 0.6 is 0 Å². The summed E-state index contributed by atoms with van der Waals surface area (Å²) in [5.74, 6) is 1.87. The highest BCUT2D eigenvalue weighted by molar-refractivity contribution is 6.74. The molecule has 2 aromatic carbocycles. The lowest BCUT2D eigenvalue weighted by Gasteiger charge is -2.36. The van der Waals surface area contributed by atoms with E-state index >= 15 is 0 Å². The first-order chi connectivity index (χ1) is 17.8. The van der Waals surface area contributed by atoms with Gasteiger partial charge in [0.2, 0.25) is 0 Å². The van der Waals surface area contributed by atoms with Gasteiger partial charge in [0.15, 0.2) is 14.1 Å². The average Bonchev–Trinajstić information content (AvgIpc) is 3.41. The van der Waals surface area contributed by atoms with Crippen molar-refractivity contribution < 1.29 is 18.7 Å². The van der Waals surface area contributed by atoms with E-state index in [4.69, 9.17) is 13.9 Å². The first-order valence-corrected chi connectivity index (χ1v) is 15.7. The lowest BCUT2D eigenvalue weighted by atomic mass is 10.1. The van der Waals surface area contributed by atoms with Gasteiger partial charge < -0.3 is 23.8 Å². The highest BCUT2D eigenvalue weighted by Crippen LogP contribution is 2.37. The van der Waals surface area contributed by atoms with E-state index in [-0.39, 0.29) is 17.0 Å². The quantitative estimate of drug-likeness (QED) is 0.240. The maximum Gasteiger partial charge on any atom is 0.257 e. The number of aromatic nitrogens is 3. The summed E-state index contributed by atoms with van der Waals surface area (Å²) in [6.45, 7) is 13.5. The smallest absolute Gasteiger partial charge is 0.257 e. The summed E-state index contributed by atoms with van der Waals surface area (Å²) in [5.41, 5.74) is 1.52. The van der Waals surface area contributed by atoms with E-state index in [2.05, 4.69) is 48.8 Å². The molecule has 0 aliphatic carbocycles. The number of nitrogens with one attached hydrogen (secondary N) is 1. The van der Waals surface area contributed by atoms with Crippen LogP contribution in [0.25, 0.3) is 10.9 Å². The summed E-state index contributed by atoms with van der Waals surface area (Å²) in [6, 6.07) is 14.9. The van der Waals surface area contributed by atoms with E-state index in [1.54, 1.807) is 42.2 Å². The molecular formula is C29H38N4O4Si. The van der Waals surface area contributed by atoms with Crippen LogP contribution in [0.4, 0.5) is 5.82 Å². The van der Waals surface area contributed by atoms with Gasteiger partial charge in [0.25, 0.3) is 5.91 Å². The first kappa shape index (κ1) is 27.5. The van der Waals surface area contributed by atoms with E-state index in [1.807, 2.05) is 44.4 Å². The van der Waals surface area contributed by atoms with Gasteiger partial charge in [0.1, 0.15) is 23.4 Å². The van der Waals surface area contributed by atoms with Crippen molar-refractivity contribution >= 4 is 30.9 Å². The maximum atomic E-state index is 13.1. The normalized spacial score (nSPS) is 12.9. The van der Waals surface area contributed by atoms with Crippen molar-refractivity contribution in [3.8, 4) is 17.2 Å². The molecule has 0 unspecified atom stereocenters. The molecule has 1 amide bonds. The Kier molecular flexibility index (Phi) is 7.71. The third-order valence-corrected chi connectivity index (χ3v) is 11.5. The molecule has 0 saturated heterocycles. The van der Waals surface area contributed by atoms with Crippen molar-refractivity contribution in [3.63, 3.8) is 0 Å². The minimum Gasteiger partial charge on any atom is -0.488 e. The Morgan fingerprint density at radius 1 is 1.00 bits per heavy atom. The number of benzene rings is 2. The van der Waals surface area contributed by atoms with E-state index in [1.165, 1.54) is 0 Å². The van der Waals surface area contributed by atoms with Crippen molar-refractivity contribution in [3.05, 3.63) is 66.5 Å². The minimum absolute atomic E-state index is 0.108. The third kappa shape index (κ3) is 6.46. The van der Waals surface area contributed by atoms with Crippen LogP contribution in [0.1, 0.15) is 38.1 Å². The summed E-state index contributed by atoms with van der Waals surface area (Å²) in [6.07, 6.45) is 3.57. The maximum absolute atomic E-state index is 13.1. The standard InChI is InChI=1S/C29H38N4O4Si/c1-20(19-35-38(7,8)29(2,3)4)36-24-16-22(28(34)30-27-12-14-33(6)31-27)17-25(18-24)37-23-9-10-26-21(15-23)11-13-32(26)5/h9-18,20H,19H2,1-8H3,(H,30,31,34)/t20-/m0/s1. The number of amides is 1. The Morgan fingerprint density at radius 2 is 1.74 bits per heavy atom. The Hall–Kier alpha value is -3.56. The number of hydrogen-bond acceptors (Lipinski definition) is 5. The molecule has 0 aliphatic heterocycles. The molecule has 0 fully saturated rings. The van der Waals surface area contributed by atoms with Crippen LogP contribution in [0.2, 0.25) is 18.1 Å². The molecule has 4 rings (SSSR count). The molecule has 0 aliphatic rings. The third-order valence-electron chi connectivity index (χ3n) is 7.01. The molecule has 2 aromatic heterocycles. The van der Waals surface area contributed by atoms with Crippen LogP contribution in [-0.2, 0) is 18.5 Å². The molecule has 0 spiro atoms. The summed E-state index contributed by atoms with van der Waals surface area (Å²) in [4.78, 5) is 13.1. The molecule has 8 nitrogen and oxygen atoms in total. The van der Waals surface area contributed by atoms with Crippen LogP contribution in [0.3, 0.4) is 0 Å². The average molecular weight is 535 g/mol. The van der Waals surface area contributed by atoms with Gasteiger partial charge in [-0.15, -0.1) is 0 Å². The fraction of sp³-hybridized carbons (Fsp3) is 0.379. The second kappa shape index (κ2) is 10.7. The molecular weight excluding hydrogens is 496 g/mol. The van der Waals surface area contributed by atoms with Crippen molar-refractivity contribution in [1.82, 2.24) is 14.3 Å². The number of anilines is 1. The van der Waals surface area contributed by atoms with Gasteiger partial charge in [0, 0.05) is 55.1 Å². The zero-order valence-electron chi connectivity index (χ0n) is 23.5. The van der Waals surface area contributed by atoms with E-state index in [9.17, 15) is 4.79 Å². The van der Waals surface area contributed by atoms with Gasteiger partial charge in [-0.3, -0.25) is 9.48 Å². The molecule has 4 aromatic rings. The number of ether oxygens (including phenoxy) is 2. The highest BCUT2D eigenvalue weighted by Gasteiger charge is 2.37. The molecule has 1 atom stereocenters. The van der Waals surface area contributed by atoms with Crippen LogP contribution < -0.4 is 14.8 Å². The zero-order valence-corrected chi connectivity index (χ0v) is 24.5. The fourth-order valence-corrected chi connectivity index (χ4v) is 4.85. The Bertz CT molecular complexity index is 1430. The number of fused-ring (bicyclic) bond motifs is 1. The van der Waals surface area contributed by atoms with Gasteiger partial charge >= 0.3 is 0 Å². The molecule has 9 heteroatoms. The second-order valence-electron chi connectivity index (χ2n) is 11.3. The van der Waals surface area contributed by atoms with Gasteiger partial charge in [-0.25, -0.2) is 0 Å². The first-order valence-electron chi connectivity index (χ1n) is 12.8. The molecule has 38 heavy (non-hydrogen) atoms. The summed E-state index contributed by atoms with van der Waals surface area (Å²) < 4.78 is 22.5. The van der Waals surface area contributed by atoms with Crippen LogP contribution in [0, 0.1) is 0 Å². The van der Waals surface area contributed by atoms with Crippen LogP contribution in [0.15, 0.2) is 60.9 Å². The van der Waals surface area contributed by atoms with E-state index < -0.39 is 8.32 Å². The Labute approximate surface area is 225 Å². The monoisotopic (exact) mass is 534 g/mol. The Morgan fingerprint density at radius 3 is 2.42 bits per heavy atom. The number of hydrogen-bond donors (Lipinski definition) is 1. The molecule has 1 N–H and O–H groups in total. The number of carbonyl (C=O) groups excluding carboxylic acids is 1. The predicted molar refractivity (Wildman–Crippen MR) is 154 cm³/mol. The SMILES string of the molecule is C[C@@H](CO[Si](C)(C)C(C)(C)C)Oc1cc(Oc2ccc3c(ccn3C)c2)cc(C(=O)Nc2ccn(C)n2)c1. The Balaban J connectivity index is 1.57. The zero-order chi connectivity index (χ0) is 27.7. The van der Waals surface area contributed by atoms with Crippen molar-refractivity contribution in [2.45, 2.75) is 51.9 Å². The highest BCUT2D eigenvalue weighted by atomic mass is 28.4. The van der Waals surface area contributed by atoms with Crippen molar-refractivity contribution in [2.75, 3.05) is 11.9 Å². The lowest BCUT2D eigenvalue weighted by molar-refractivity contribution is 0.102. The van der Waals surface area contributed by atoms with Gasteiger partial charge in [-0.1, -0.05) is 20.8 Å². The predicted octanol–water partition coefficient (Wildman–Crippen LogP) is 6.75. The van der Waals surface area contributed by atoms with Gasteiger partial charge in [-0.05, 0) is 61.5 Å². The van der Waals surface area contributed by atoms with Crippen LogP contribution in [-0.4, -0.2) is 41.3 Å². The summed E-state index contributed by atoms with van der Waals surface area (Å²) in [7, 11) is 1.89. The van der Waals surface area contributed by atoms with Crippen molar-refractivity contribution in [1.29, 1.82) is 0 Å². The largest absolute Gasteiger partial charge is 0.488 e. The number of aryl methyl sites for hydroxylation is 2. The summed E-state index contributed by atoms with van der Waals surface area (Å²) in [5, 5.41) is 8.26. The minimum atomic E-state index is -1.92. The molecule has 202 valence electrons. The van der Waals surface area contributed by atoms with Crippen LogP contribution in [0.5, 0.6) is 17.2 Å². The fourth-order valence-electron chi connectivity index (χ4n) is 3.77. The van der Waals surface area contributed by atoms with E-state index in [0.29, 0.717) is 35.2 Å². The van der Waals surface area contributed by atoms with Crippen molar-refractivity contribution in [2.24, 2.45) is 14.1 Å². The molecule has 2 heterocycles. The number of rotatable bonds is 9. The van der Waals surface area contributed by atoms with Gasteiger partial charge in [0.05, 0.1) is 6.61 Å². The van der Waals surface area contributed by atoms with E-state index in [0.717, 1.165) is 10.9 Å². The molecule has 0 bridgehead atoms. The molecule has 0 saturated carbocycles. The summed E-state index contributed by atoms with van der Waals surface area (Å²) >= 11 is 0. The topological polar surface area (TPSA) is 79.5 Å². The lowest BCUT2D eigenvalue weighted by Crippen LogP contribution is -2.43. The van der Waals surface area contributed by atoms with Gasteiger partial charge in [-0.2, -0.15) is 5.10 Å².